The van der Waals surface area contributed by atoms with Gasteiger partial charge in [0.05, 0.1) is 17.7 Å². The molecule has 7 heteroatoms. The SMILES string of the molecule is N#Cc1ccc(-c2ccc3oc(CC(C#N)NC(=O)[C@H]4N[C@@H]5CC[C@H]4C5)cc3c2)cc1F. The quantitative estimate of drug-likeness (QED) is 0.644. The van der Waals surface area contributed by atoms with E-state index < -0.39 is 11.9 Å². The molecule has 1 aromatic heterocycles. The van der Waals surface area contributed by atoms with Gasteiger partial charge in [0.2, 0.25) is 5.91 Å². The Balaban J connectivity index is 1.31. The van der Waals surface area contributed by atoms with Gasteiger partial charge in [-0.15, -0.1) is 0 Å². The van der Waals surface area contributed by atoms with Gasteiger partial charge in [0.1, 0.15) is 29.3 Å². The summed E-state index contributed by atoms with van der Waals surface area (Å²) in [4.78, 5) is 12.6. The van der Waals surface area contributed by atoms with Crippen LogP contribution in [0.15, 0.2) is 46.9 Å². The lowest BCUT2D eigenvalue weighted by atomic mass is 9.99. The average Bonchev–Trinajstić information content (AvgIpc) is 3.53. The number of nitriles is 2. The molecule has 6 nitrogen and oxygen atoms in total. The highest BCUT2D eigenvalue weighted by Gasteiger charge is 2.43. The van der Waals surface area contributed by atoms with Crippen LogP contribution in [0.2, 0.25) is 0 Å². The number of benzene rings is 2. The predicted molar refractivity (Wildman–Crippen MR) is 116 cm³/mol. The van der Waals surface area contributed by atoms with Crippen LogP contribution in [0.4, 0.5) is 4.39 Å². The van der Waals surface area contributed by atoms with Crippen LogP contribution in [0, 0.1) is 34.4 Å². The van der Waals surface area contributed by atoms with E-state index in [2.05, 4.69) is 16.7 Å². The fraction of sp³-hybridized carbons (Fsp3) is 0.320. The molecular formula is C25H21FN4O2. The zero-order valence-electron chi connectivity index (χ0n) is 17.3. The third-order valence-electron chi connectivity index (χ3n) is 6.51. The van der Waals surface area contributed by atoms with Gasteiger partial charge in [0.15, 0.2) is 0 Å². The zero-order valence-corrected chi connectivity index (χ0v) is 17.3. The highest BCUT2D eigenvalue weighted by atomic mass is 19.1. The third kappa shape index (κ3) is 3.72. The second-order valence-electron chi connectivity index (χ2n) is 8.58. The van der Waals surface area contributed by atoms with Crippen molar-refractivity contribution in [2.45, 2.75) is 43.8 Å². The molecular weight excluding hydrogens is 407 g/mol. The van der Waals surface area contributed by atoms with Crippen LogP contribution in [0.3, 0.4) is 0 Å². The minimum atomic E-state index is -0.684. The number of hydrogen-bond donors (Lipinski definition) is 2. The van der Waals surface area contributed by atoms with Crippen molar-refractivity contribution in [2.24, 2.45) is 5.92 Å². The predicted octanol–water partition coefficient (Wildman–Crippen LogP) is 3.80. The Hall–Kier alpha value is -3.68. The molecule has 2 aromatic carbocycles. The van der Waals surface area contributed by atoms with E-state index in [4.69, 9.17) is 9.68 Å². The summed E-state index contributed by atoms with van der Waals surface area (Å²) in [6.07, 6.45) is 3.47. The van der Waals surface area contributed by atoms with Gasteiger partial charge in [0.25, 0.3) is 0 Å². The first kappa shape index (κ1) is 20.2. The van der Waals surface area contributed by atoms with E-state index in [-0.39, 0.29) is 23.9 Å². The largest absolute Gasteiger partial charge is 0.461 e. The van der Waals surface area contributed by atoms with Crippen LogP contribution in [-0.2, 0) is 11.2 Å². The van der Waals surface area contributed by atoms with Crippen molar-refractivity contribution in [1.29, 1.82) is 10.5 Å². The van der Waals surface area contributed by atoms with E-state index in [1.165, 1.54) is 12.1 Å². The lowest BCUT2D eigenvalue weighted by molar-refractivity contribution is -0.124. The Morgan fingerprint density at radius 2 is 2.00 bits per heavy atom. The van der Waals surface area contributed by atoms with Gasteiger partial charge in [-0.1, -0.05) is 12.1 Å². The summed E-state index contributed by atoms with van der Waals surface area (Å²) in [6.45, 7) is 0. The number of fused-ring (bicyclic) bond motifs is 3. The molecule has 1 saturated carbocycles. The number of piperidine rings is 1. The first-order valence-corrected chi connectivity index (χ1v) is 10.7. The second kappa shape index (κ2) is 8.11. The Morgan fingerprint density at radius 3 is 2.69 bits per heavy atom. The Morgan fingerprint density at radius 1 is 1.19 bits per heavy atom. The topological polar surface area (TPSA) is 102 Å². The molecule has 32 heavy (non-hydrogen) atoms. The van der Waals surface area contributed by atoms with E-state index in [0.717, 1.165) is 30.2 Å². The van der Waals surface area contributed by atoms with Gasteiger partial charge in [0, 0.05) is 17.8 Å². The lowest BCUT2D eigenvalue weighted by Crippen LogP contribution is -2.50. The van der Waals surface area contributed by atoms with Crippen molar-refractivity contribution in [3.63, 3.8) is 0 Å². The van der Waals surface area contributed by atoms with Gasteiger partial charge < -0.3 is 15.1 Å². The smallest absolute Gasteiger partial charge is 0.238 e. The molecule has 1 aliphatic heterocycles. The van der Waals surface area contributed by atoms with Crippen molar-refractivity contribution in [3.05, 3.63) is 59.6 Å². The van der Waals surface area contributed by atoms with E-state index in [0.29, 0.717) is 28.9 Å². The maximum absolute atomic E-state index is 14.0. The molecule has 2 fully saturated rings. The highest BCUT2D eigenvalue weighted by Crippen LogP contribution is 2.35. The number of carbonyl (C=O) groups excluding carboxylic acids is 1. The molecule has 0 spiro atoms. The molecule has 4 atom stereocenters. The number of hydrogen-bond acceptors (Lipinski definition) is 5. The standard InChI is InChI=1S/C25H21FN4O2/c26-22-10-15(1-2-17(22)12-27)14-4-6-23-18(7-14)9-21(32-23)11-20(13-28)30-25(31)24-16-3-5-19(8-16)29-24/h1-2,4,6-7,9-10,16,19-20,24,29H,3,5,8,11H2,(H,30,31)/t16-,19+,20?,24-/m0/s1. The summed E-state index contributed by atoms with van der Waals surface area (Å²) >= 11 is 0. The molecule has 0 radical (unpaired) electrons. The van der Waals surface area contributed by atoms with E-state index >= 15 is 0 Å². The summed E-state index contributed by atoms with van der Waals surface area (Å²) in [5.74, 6) is 0.271. The normalized spacial score (nSPS) is 22.4. The summed E-state index contributed by atoms with van der Waals surface area (Å²) in [6, 6.07) is 15.3. The van der Waals surface area contributed by atoms with Gasteiger partial charge in [-0.2, -0.15) is 10.5 Å². The number of halogens is 1. The Bertz CT molecular complexity index is 1290. The molecule has 2 aliphatic rings. The third-order valence-corrected chi connectivity index (χ3v) is 6.51. The second-order valence-corrected chi connectivity index (χ2v) is 8.58. The minimum Gasteiger partial charge on any atom is -0.461 e. The van der Waals surface area contributed by atoms with Crippen molar-refractivity contribution >= 4 is 16.9 Å². The van der Waals surface area contributed by atoms with Crippen molar-refractivity contribution in [3.8, 4) is 23.3 Å². The van der Waals surface area contributed by atoms with Crippen LogP contribution in [-0.4, -0.2) is 24.0 Å². The van der Waals surface area contributed by atoms with Crippen LogP contribution in [0.1, 0.15) is 30.6 Å². The number of nitrogens with zero attached hydrogens (tertiary/aromatic N) is 2. The molecule has 2 heterocycles. The molecule has 2 N–H and O–H groups in total. The summed E-state index contributed by atoms with van der Waals surface area (Å²) in [7, 11) is 0. The van der Waals surface area contributed by atoms with E-state index in [1.54, 1.807) is 12.1 Å². The molecule has 2 bridgehead atoms. The molecule has 3 aromatic rings. The number of amides is 1. The van der Waals surface area contributed by atoms with Gasteiger partial charge in [-0.25, -0.2) is 4.39 Å². The Kier molecular flexibility index (Phi) is 5.13. The van der Waals surface area contributed by atoms with Crippen LogP contribution in [0.25, 0.3) is 22.1 Å². The van der Waals surface area contributed by atoms with Crippen molar-refractivity contribution in [1.82, 2.24) is 10.6 Å². The fourth-order valence-corrected chi connectivity index (χ4v) is 4.91. The number of carbonyl (C=O) groups is 1. The molecule has 1 aliphatic carbocycles. The first-order chi connectivity index (χ1) is 15.5. The summed E-state index contributed by atoms with van der Waals surface area (Å²) < 4.78 is 19.9. The fourth-order valence-electron chi connectivity index (χ4n) is 4.91. The molecule has 1 unspecified atom stereocenters. The summed E-state index contributed by atoms with van der Waals surface area (Å²) in [5.41, 5.74) is 2.11. The molecule has 5 rings (SSSR count). The van der Waals surface area contributed by atoms with Crippen molar-refractivity contribution < 1.29 is 13.6 Å². The molecule has 1 saturated heterocycles. The zero-order chi connectivity index (χ0) is 22.2. The Labute approximate surface area is 184 Å². The van der Waals surface area contributed by atoms with Crippen LogP contribution < -0.4 is 10.6 Å². The molecule has 160 valence electrons. The van der Waals surface area contributed by atoms with Gasteiger partial charge >= 0.3 is 0 Å². The van der Waals surface area contributed by atoms with Gasteiger partial charge in [-0.05, 0) is 66.6 Å². The molecule has 1 amide bonds. The van der Waals surface area contributed by atoms with E-state index in [1.807, 2.05) is 24.3 Å². The maximum atomic E-state index is 14.0. The number of nitrogens with one attached hydrogen (secondary N) is 2. The summed E-state index contributed by atoms with van der Waals surface area (Å²) in [5, 5.41) is 25.5. The van der Waals surface area contributed by atoms with Crippen molar-refractivity contribution in [2.75, 3.05) is 0 Å². The van der Waals surface area contributed by atoms with Gasteiger partial charge in [-0.3, -0.25) is 4.79 Å². The van der Waals surface area contributed by atoms with Crippen LogP contribution >= 0.6 is 0 Å². The average molecular weight is 428 g/mol. The number of rotatable bonds is 5. The minimum absolute atomic E-state index is 0.00523. The lowest BCUT2D eigenvalue weighted by Gasteiger charge is -2.23. The van der Waals surface area contributed by atoms with E-state index in [9.17, 15) is 14.4 Å². The first-order valence-electron chi connectivity index (χ1n) is 10.7. The monoisotopic (exact) mass is 428 g/mol. The maximum Gasteiger partial charge on any atom is 0.238 e. The van der Waals surface area contributed by atoms with Crippen LogP contribution in [0.5, 0.6) is 0 Å². The number of furan rings is 1. The highest BCUT2D eigenvalue weighted by molar-refractivity contribution is 5.85.